The maximum absolute atomic E-state index is 3.57. The van der Waals surface area contributed by atoms with E-state index in [1.165, 1.54) is 51.2 Å². The van der Waals surface area contributed by atoms with Gasteiger partial charge in [-0.25, -0.2) is 0 Å². The van der Waals surface area contributed by atoms with Crippen LogP contribution >= 0.6 is 11.8 Å². The summed E-state index contributed by atoms with van der Waals surface area (Å²) >= 11 is 2.19. The Bertz CT molecular complexity index is 202. The number of hydrogen-bond acceptors (Lipinski definition) is 3. The van der Waals surface area contributed by atoms with Crippen LogP contribution in [0.5, 0.6) is 0 Å². The Morgan fingerprint density at radius 2 is 2.25 bits per heavy atom. The van der Waals surface area contributed by atoms with Gasteiger partial charge in [0.05, 0.1) is 0 Å². The maximum Gasteiger partial charge on any atom is 0.0175 e. The summed E-state index contributed by atoms with van der Waals surface area (Å²) in [5.41, 5.74) is 0. The third-order valence-electron chi connectivity index (χ3n) is 3.67. The minimum atomic E-state index is 0.638. The lowest BCUT2D eigenvalue weighted by Gasteiger charge is -2.20. The van der Waals surface area contributed by atoms with Gasteiger partial charge in [-0.15, -0.1) is 0 Å². The van der Waals surface area contributed by atoms with Crippen LogP contribution in [0.1, 0.15) is 33.1 Å². The fraction of sp³-hybridized carbons (Fsp3) is 1.00. The topological polar surface area (TPSA) is 15.3 Å². The molecule has 2 fully saturated rings. The SMILES string of the molecule is CC(C)NCC1CCN(CC2CCCS2)C1. The maximum atomic E-state index is 3.57. The first-order valence-corrected chi connectivity index (χ1v) is 7.86. The summed E-state index contributed by atoms with van der Waals surface area (Å²) < 4.78 is 0. The Morgan fingerprint density at radius 3 is 2.94 bits per heavy atom. The second-order valence-corrected chi connectivity index (χ2v) is 7.02. The highest BCUT2D eigenvalue weighted by Crippen LogP contribution is 2.28. The molecule has 2 rings (SSSR count). The lowest BCUT2D eigenvalue weighted by Crippen LogP contribution is -2.32. The Kier molecular flexibility index (Phi) is 4.98. The van der Waals surface area contributed by atoms with Crippen LogP contribution in [0, 0.1) is 5.92 Å². The van der Waals surface area contributed by atoms with Crippen molar-refractivity contribution in [3.8, 4) is 0 Å². The van der Waals surface area contributed by atoms with Gasteiger partial charge in [0.2, 0.25) is 0 Å². The van der Waals surface area contributed by atoms with Gasteiger partial charge in [-0.05, 0) is 44.0 Å². The minimum absolute atomic E-state index is 0.638. The summed E-state index contributed by atoms with van der Waals surface area (Å²) in [7, 11) is 0. The van der Waals surface area contributed by atoms with Gasteiger partial charge in [0.25, 0.3) is 0 Å². The molecule has 0 radical (unpaired) electrons. The van der Waals surface area contributed by atoms with Crippen molar-refractivity contribution in [2.45, 2.75) is 44.4 Å². The molecule has 16 heavy (non-hydrogen) atoms. The predicted octanol–water partition coefficient (Wildman–Crippen LogP) is 2.20. The number of thioether (sulfide) groups is 1. The molecule has 0 aromatic rings. The van der Waals surface area contributed by atoms with E-state index in [1.807, 2.05) is 0 Å². The molecule has 2 heterocycles. The first-order valence-electron chi connectivity index (χ1n) is 6.81. The van der Waals surface area contributed by atoms with Crippen LogP contribution in [0.4, 0.5) is 0 Å². The van der Waals surface area contributed by atoms with Gasteiger partial charge in [0.15, 0.2) is 0 Å². The molecule has 2 saturated heterocycles. The van der Waals surface area contributed by atoms with E-state index in [-0.39, 0.29) is 0 Å². The molecule has 2 aliphatic rings. The average Bonchev–Trinajstić information content (AvgIpc) is 2.87. The standard InChI is InChI=1S/C13H26N2S/c1-11(2)14-8-12-5-6-15(9-12)10-13-4-3-7-16-13/h11-14H,3-10H2,1-2H3. The highest BCUT2D eigenvalue weighted by Gasteiger charge is 2.25. The molecule has 3 heteroatoms. The third-order valence-corrected chi connectivity index (χ3v) is 5.05. The lowest BCUT2D eigenvalue weighted by atomic mass is 10.1. The van der Waals surface area contributed by atoms with Crippen molar-refractivity contribution in [3.63, 3.8) is 0 Å². The monoisotopic (exact) mass is 242 g/mol. The van der Waals surface area contributed by atoms with Crippen molar-refractivity contribution >= 4 is 11.8 Å². The molecule has 2 unspecified atom stereocenters. The molecule has 0 saturated carbocycles. The van der Waals surface area contributed by atoms with E-state index in [0.717, 1.165) is 11.2 Å². The van der Waals surface area contributed by atoms with Crippen LogP contribution < -0.4 is 5.32 Å². The Balaban J connectivity index is 1.63. The van der Waals surface area contributed by atoms with Gasteiger partial charge in [0.1, 0.15) is 0 Å². The molecule has 2 aliphatic heterocycles. The van der Waals surface area contributed by atoms with Gasteiger partial charge in [-0.3, -0.25) is 0 Å². The van der Waals surface area contributed by atoms with Crippen molar-refractivity contribution in [1.29, 1.82) is 0 Å². The Hall–Kier alpha value is 0.270. The minimum Gasteiger partial charge on any atom is -0.314 e. The van der Waals surface area contributed by atoms with Gasteiger partial charge in [-0.1, -0.05) is 13.8 Å². The Morgan fingerprint density at radius 1 is 1.38 bits per heavy atom. The van der Waals surface area contributed by atoms with E-state index in [9.17, 15) is 0 Å². The summed E-state index contributed by atoms with van der Waals surface area (Å²) in [5.74, 6) is 2.30. The lowest BCUT2D eigenvalue weighted by molar-refractivity contribution is 0.319. The number of hydrogen-bond donors (Lipinski definition) is 1. The molecular weight excluding hydrogens is 216 g/mol. The van der Waals surface area contributed by atoms with Gasteiger partial charge in [-0.2, -0.15) is 11.8 Å². The van der Waals surface area contributed by atoms with Crippen molar-refractivity contribution in [1.82, 2.24) is 10.2 Å². The van der Waals surface area contributed by atoms with E-state index >= 15 is 0 Å². The van der Waals surface area contributed by atoms with E-state index in [2.05, 4.69) is 35.8 Å². The summed E-state index contributed by atoms with van der Waals surface area (Å²) in [4.78, 5) is 2.69. The molecule has 0 spiro atoms. The fourth-order valence-electron chi connectivity index (χ4n) is 2.72. The third kappa shape index (κ3) is 3.94. The molecule has 0 aromatic carbocycles. The summed E-state index contributed by atoms with van der Waals surface area (Å²) in [6.07, 6.45) is 4.30. The Labute approximate surface area is 105 Å². The van der Waals surface area contributed by atoms with E-state index in [4.69, 9.17) is 0 Å². The normalized spacial score (nSPS) is 31.7. The van der Waals surface area contributed by atoms with Crippen LogP contribution in [0.25, 0.3) is 0 Å². The molecule has 0 aromatic heterocycles. The zero-order chi connectivity index (χ0) is 11.4. The van der Waals surface area contributed by atoms with E-state index in [0.29, 0.717) is 6.04 Å². The van der Waals surface area contributed by atoms with Crippen molar-refractivity contribution in [3.05, 3.63) is 0 Å². The predicted molar refractivity (Wildman–Crippen MR) is 73.2 cm³/mol. The highest BCUT2D eigenvalue weighted by atomic mass is 32.2. The van der Waals surface area contributed by atoms with Crippen LogP contribution in [0.2, 0.25) is 0 Å². The van der Waals surface area contributed by atoms with Gasteiger partial charge < -0.3 is 10.2 Å². The average molecular weight is 242 g/mol. The first kappa shape index (κ1) is 12.7. The molecule has 2 atom stereocenters. The molecule has 0 amide bonds. The van der Waals surface area contributed by atoms with Crippen molar-refractivity contribution < 1.29 is 0 Å². The van der Waals surface area contributed by atoms with Crippen LogP contribution in [0.15, 0.2) is 0 Å². The second kappa shape index (κ2) is 6.27. The molecular formula is C13H26N2S. The first-order chi connectivity index (χ1) is 7.74. The second-order valence-electron chi connectivity index (χ2n) is 5.61. The molecule has 0 bridgehead atoms. The molecule has 1 N–H and O–H groups in total. The highest BCUT2D eigenvalue weighted by molar-refractivity contribution is 8.00. The van der Waals surface area contributed by atoms with Gasteiger partial charge in [0, 0.05) is 24.4 Å². The smallest absolute Gasteiger partial charge is 0.0175 e. The van der Waals surface area contributed by atoms with Gasteiger partial charge >= 0.3 is 0 Å². The van der Waals surface area contributed by atoms with Crippen LogP contribution in [0.3, 0.4) is 0 Å². The largest absolute Gasteiger partial charge is 0.314 e. The number of nitrogens with one attached hydrogen (secondary N) is 1. The fourth-order valence-corrected chi connectivity index (χ4v) is 4.04. The number of likely N-dealkylation sites (tertiary alicyclic amines) is 1. The summed E-state index contributed by atoms with van der Waals surface area (Å²) in [5, 5.41) is 4.51. The van der Waals surface area contributed by atoms with Crippen molar-refractivity contribution in [2.75, 3.05) is 31.9 Å². The van der Waals surface area contributed by atoms with E-state index < -0.39 is 0 Å². The van der Waals surface area contributed by atoms with Crippen molar-refractivity contribution in [2.24, 2.45) is 5.92 Å². The zero-order valence-electron chi connectivity index (χ0n) is 10.7. The molecule has 0 aliphatic carbocycles. The number of nitrogens with zero attached hydrogens (tertiary/aromatic N) is 1. The van der Waals surface area contributed by atoms with Crippen LogP contribution in [-0.2, 0) is 0 Å². The number of rotatable bonds is 5. The van der Waals surface area contributed by atoms with Crippen LogP contribution in [-0.4, -0.2) is 48.1 Å². The quantitative estimate of drug-likeness (QED) is 0.796. The summed E-state index contributed by atoms with van der Waals surface area (Å²) in [6.45, 7) is 9.71. The van der Waals surface area contributed by atoms with E-state index in [1.54, 1.807) is 0 Å². The summed E-state index contributed by atoms with van der Waals surface area (Å²) in [6, 6.07) is 0.638. The molecule has 94 valence electrons. The zero-order valence-corrected chi connectivity index (χ0v) is 11.6. The molecule has 2 nitrogen and oxygen atoms in total.